The summed E-state index contributed by atoms with van der Waals surface area (Å²) < 4.78 is 6.11. The molecule has 1 aliphatic heterocycles. The van der Waals surface area contributed by atoms with E-state index in [-0.39, 0.29) is 6.10 Å². The molecule has 1 heterocycles. The topological polar surface area (TPSA) is 29.5 Å². The van der Waals surface area contributed by atoms with Crippen molar-refractivity contribution in [1.29, 1.82) is 0 Å². The third-order valence-electron chi connectivity index (χ3n) is 6.21. The van der Waals surface area contributed by atoms with Gasteiger partial charge in [-0.25, -0.2) is 0 Å². The lowest BCUT2D eigenvalue weighted by Gasteiger charge is -2.46. The highest BCUT2D eigenvalue weighted by atomic mass is 16.5. The number of aliphatic hydroxyl groups excluding tert-OH is 1. The zero-order valence-electron chi connectivity index (χ0n) is 13.8. The molecule has 0 aromatic rings. The van der Waals surface area contributed by atoms with Gasteiger partial charge in [0, 0.05) is 0 Å². The normalized spacial score (nSPS) is 42.1. The highest BCUT2D eigenvalue weighted by molar-refractivity contribution is 4.90. The summed E-state index contributed by atoms with van der Waals surface area (Å²) in [5.74, 6) is 3.37. The maximum absolute atomic E-state index is 10.3. The van der Waals surface area contributed by atoms with Crippen LogP contribution >= 0.6 is 0 Å². The van der Waals surface area contributed by atoms with Gasteiger partial charge in [0.15, 0.2) is 0 Å². The summed E-state index contributed by atoms with van der Waals surface area (Å²) in [6.45, 7) is 9.92. The van der Waals surface area contributed by atoms with Crippen molar-refractivity contribution in [2.75, 3.05) is 6.61 Å². The second-order valence-corrected chi connectivity index (χ2v) is 7.46. The second kappa shape index (κ2) is 7.26. The minimum Gasteiger partial charge on any atom is -0.393 e. The molecule has 0 amide bonds. The molecule has 0 aromatic carbocycles. The van der Waals surface area contributed by atoms with E-state index in [1.807, 2.05) is 0 Å². The van der Waals surface area contributed by atoms with E-state index in [2.05, 4.69) is 27.7 Å². The molecule has 20 heavy (non-hydrogen) atoms. The molecule has 0 radical (unpaired) electrons. The van der Waals surface area contributed by atoms with Crippen molar-refractivity contribution in [1.82, 2.24) is 0 Å². The first kappa shape index (κ1) is 16.3. The number of hydrogen-bond acceptors (Lipinski definition) is 2. The second-order valence-electron chi connectivity index (χ2n) is 7.46. The molecule has 0 spiro atoms. The third-order valence-corrected chi connectivity index (χ3v) is 6.21. The Labute approximate surface area is 125 Å². The van der Waals surface area contributed by atoms with Gasteiger partial charge in [0.1, 0.15) is 0 Å². The van der Waals surface area contributed by atoms with Crippen LogP contribution in [0.4, 0.5) is 0 Å². The van der Waals surface area contributed by atoms with Crippen molar-refractivity contribution < 1.29 is 9.84 Å². The van der Waals surface area contributed by atoms with Crippen molar-refractivity contribution in [3.63, 3.8) is 0 Å². The van der Waals surface area contributed by atoms with Gasteiger partial charge in [-0.3, -0.25) is 0 Å². The molecule has 7 atom stereocenters. The molecule has 0 bridgehead atoms. The van der Waals surface area contributed by atoms with Gasteiger partial charge in [-0.05, 0) is 62.2 Å². The summed E-state index contributed by atoms with van der Waals surface area (Å²) in [4.78, 5) is 0. The lowest BCUT2D eigenvalue weighted by molar-refractivity contribution is -0.0700. The van der Waals surface area contributed by atoms with Crippen LogP contribution in [0.3, 0.4) is 0 Å². The largest absolute Gasteiger partial charge is 0.393 e. The molecule has 2 aliphatic rings. The van der Waals surface area contributed by atoms with Gasteiger partial charge in [0.2, 0.25) is 0 Å². The number of aliphatic hydroxyl groups is 1. The molecule has 1 saturated carbocycles. The minimum absolute atomic E-state index is 0.142. The zero-order valence-corrected chi connectivity index (χ0v) is 13.8. The number of rotatable bonds is 3. The van der Waals surface area contributed by atoms with Gasteiger partial charge < -0.3 is 9.84 Å². The molecule has 1 N–H and O–H groups in total. The average Bonchev–Trinajstić information content (AvgIpc) is 2.43. The van der Waals surface area contributed by atoms with Crippen LogP contribution in [-0.4, -0.2) is 23.9 Å². The Morgan fingerprint density at radius 2 is 1.85 bits per heavy atom. The molecule has 1 saturated heterocycles. The predicted molar refractivity (Wildman–Crippen MR) is 83.6 cm³/mol. The van der Waals surface area contributed by atoms with E-state index < -0.39 is 0 Å². The molecule has 2 rings (SSSR count). The van der Waals surface area contributed by atoms with Crippen LogP contribution in [0.2, 0.25) is 0 Å². The van der Waals surface area contributed by atoms with Crippen molar-refractivity contribution in [2.24, 2.45) is 29.6 Å². The van der Waals surface area contributed by atoms with Crippen LogP contribution in [0.5, 0.6) is 0 Å². The van der Waals surface area contributed by atoms with E-state index in [9.17, 15) is 5.11 Å². The van der Waals surface area contributed by atoms with Crippen LogP contribution in [0.1, 0.15) is 66.2 Å². The minimum atomic E-state index is -0.142. The lowest BCUT2D eigenvalue weighted by Crippen LogP contribution is -2.43. The predicted octanol–water partition coefficient (Wildman–Crippen LogP) is 4.26. The fourth-order valence-electron chi connectivity index (χ4n) is 4.68. The van der Waals surface area contributed by atoms with Gasteiger partial charge >= 0.3 is 0 Å². The average molecular weight is 282 g/mol. The van der Waals surface area contributed by atoms with Crippen molar-refractivity contribution >= 4 is 0 Å². The molecule has 2 nitrogen and oxygen atoms in total. The first-order valence-corrected chi connectivity index (χ1v) is 8.84. The van der Waals surface area contributed by atoms with Crippen LogP contribution in [0.15, 0.2) is 0 Å². The first-order valence-electron chi connectivity index (χ1n) is 8.84. The first-order chi connectivity index (χ1) is 9.54. The van der Waals surface area contributed by atoms with Crippen molar-refractivity contribution in [3.05, 3.63) is 0 Å². The van der Waals surface area contributed by atoms with E-state index in [1.165, 1.54) is 32.1 Å². The summed E-state index contributed by atoms with van der Waals surface area (Å²) >= 11 is 0. The standard InChI is InChI=1S/C18H34O2/c1-5-18(19)14(4)16-10-9-12(2)15-8-6-7-13(3)20-11-17(15)16/h12-19H,5-11H2,1-4H3/t12?,13?,14-,15?,16?,17?,18-/m1/s1. The van der Waals surface area contributed by atoms with E-state index in [0.29, 0.717) is 23.9 Å². The number of fused-ring (bicyclic) bond motifs is 1. The quantitative estimate of drug-likeness (QED) is 0.838. The summed E-state index contributed by atoms with van der Waals surface area (Å²) in [5, 5.41) is 10.3. The summed E-state index contributed by atoms with van der Waals surface area (Å²) in [5.41, 5.74) is 0. The van der Waals surface area contributed by atoms with Gasteiger partial charge in [-0.15, -0.1) is 0 Å². The van der Waals surface area contributed by atoms with Crippen molar-refractivity contribution in [3.8, 4) is 0 Å². The van der Waals surface area contributed by atoms with Gasteiger partial charge in [0.25, 0.3) is 0 Å². The Balaban J connectivity index is 2.11. The molecule has 2 fully saturated rings. The van der Waals surface area contributed by atoms with E-state index in [4.69, 9.17) is 4.74 Å². The molecule has 5 unspecified atom stereocenters. The van der Waals surface area contributed by atoms with Gasteiger partial charge in [-0.2, -0.15) is 0 Å². The molecule has 118 valence electrons. The van der Waals surface area contributed by atoms with E-state index in [0.717, 1.165) is 24.9 Å². The van der Waals surface area contributed by atoms with Crippen LogP contribution in [0, 0.1) is 29.6 Å². The van der Waals surface area contributed by atoms with Crippen LogP contribution in [-0.2, 0) is 4.74 Å². The number of hydrogen-bond donors (Lipinski definition) is 1. The van der Waals surface area contributed by atoms with Gasteiger partial charge in [-0.1, -0.05) is 33.6 Å². The summed E-state index contributed by atoms with van der Waals surface area (Å²) in [7, 11) is 0. The summed E-state index contributed by atoms with van der Waals surface area (Å²) in [6, 6.07) is 0. The zero-order chi connectivity index (χ0) is 14.7. The van der Waals surface area contributed by atoms with E-state index >= 15 is 0 Å². The Bertz CT molecular complexity index is 291. The highest BCUT2D eigenvalue weighted by Crippen LogP contribution is 2.46. The fourth-order valence-corrected chi connectivity index (χ4v) is 4.68. The molecule has 1 aliphatic carbocycles. The smallest absolute Gasteiger partial charge is 0.0565 e. The maximum Gasteiger partial charge on any atom is 0.0565 e. The Hall–Kier alpha value is -0.0800. The fraction of sp³-hybridized carbons (Fsp3) is 1.00. The Morgan fingerprint density at radius 1 is 1.10 bits per heavy atom. The van der Waals surface area contributed by atoms with Crippen molar-refractivity contribution in [2.45, 2.75) is 78.4 Å². The molecule has 2 heteroatoms. The maximum atomic E-state index is 10.3. The third kappa shape index (κ3) is 3.57. The SMILES string of the molecule is CC[C@@H](O)[C@H](C)C1CCC(C)C2CCCC(C)OCC21. The highest BCUT2D eigenvalue weighted by Gasteiger charge is 2.41. The molecular formula is C18H34O2. The molecular weight excluding hydrogens is 248 g/mol. The Morgan fingerprint density at radius 3 is 2.55 bits per heavy atom. The van der Waals surface area contributed by atoms with Crippen LogP contribution < -0.4 is 0 Å². The molecule has 0 aromatic heterocycles. The number of ether oxygens (including phenoxy) is 1. The Kier molecular flexibility index (Phi) is 5.92. The summed E-state index contributed by atoms with van der Waals surface area (Å²) in [6.07, 6.45) is 7.66. The lowest BCUT2D eigenvalue weighted by atomic mass is 9.61. The van der Waals surface area contributed by atoms with Gasteiger partial charge in [0.05, 0.1) is 18.8 Å². The van der Waals surface area contributed by atoms with Crippen LogP contribution in [0.25, 0.3) is 0 Å². The van der Waals surface area contributed by atoms with E-state index in [1.54, 1.807) is 0 Å². The monoisotopic (exact) mass is 282 g/mol.